The molecule has 0 bridgehead atoms. The summed E-state index contributed by atoms with van der Waals surface area (Å²) in [5.41, 5.74) is 8.14. The fraction of sp³-hybridized carbons (Fsp3) is 0.750. The summed E-state index contributed by atoms with van der Waals surface area (Å²) in [6.07, 6.45) is 1.26. The minimum atomic E-state index is 0.140. The van der Waals surface area contributed by atoms with E-state index in [2.05, 4.69) is 5.32 Å². The molecule has 0 aliphatic heterocycles. The molecule has 0 saturated carbocycles. The van der Waals surface area contributed by atoms with Gasteiger partial charge < -0.3 is 5.32 Å². The van der Waals surface area contributed by atoms with E-state index in [1.165, 1.54) is 0 Å². The molecule has 0 saturated heterocycles. The molecule has 0 atom stereocenters. The summed E-state index contributed by atoms with van der Waals surface area (Å²) in [4.78, 5) is 9.49. The maximum Gasteiger partial charge on any atom is 0.207 e. The first-order valence-corrected chi connectivity index (χ1v) is 2.19. The van der Waals surface area contributed by atoms with Crippen molar-refractivity contribution in [1.29, 1.82) is 0 Å². The summed E-state index contributed by atoms with van der Waals surface area (Å²) in [6.45, 7) is 0.709. The smallest absolute Gasteiger partial charge is 0.207 e. The fourth-order valence-corrected chi connectivity index (χ4v) is 0.240. The number of rotatable bonds is 4. The van der Waals surface area contributed by atoms with Crippen LogP contribution in [-0.2, 0) is 4.79 Å². The van der Waals surface area contributed by atoms with Crippen molar-refractivity contribution in [1.82, 2.24) is 11.1 Å². The second-order valence-electron chi connectivity index (χ2n) is 1.15. The van der Waals surface area contributed by atoms with E-state index in [9.17, 15) is 4.79 Å². The third-order valence-corrected chi connectivity index (χ3v) is 0.563. The molecule has 7 heavy (non-hydrogen) atoms. The van der Waals surface area contributed by atoms with Crippen molar-refractivity contribution in [2.24, 2.45) is 0 Å². The van der Waals surface area contributed by atoms with Crippen LogP contribution in [0.1, 0.15) is 6.42 Å². The number of nitrogens with one attached hydrogen (secondary N) is 1. The average Bonchev–Trinajstić information content (AvgIpc) is 1.69. The topological polar surface area (TPSA) is 51.4 Å². The van der Waals surface area contributed by atoms with Gasteiger partial charge in [-0.3, -0.25) is 4.79 Å². The molecule has 40 valence electrons. The molecular formula is C4H8N2O. The Bertz CT molecular complexity index is 47.0. The molecule has 0 aromatic carbocycles. The molecule has 0 aliphatic rings. The van der Waals surface area contributed by atoms with Crippen molar-refractivity contribution in [3.8, 4) is 0 Å². The standard InChI is InChI=1S/C4H8N2O/c5-2-1-3-6-4-7/h4H,1-3H2,(H,6,7). The van der Waals surface area contributed by atoms with Crippen molar-refractivity contribution in [3.63, 3.8) is 0 Å². The van der Waals surface area contributed by atoms with Gasteiger partial charge in [-0.05, 0) is 6.42 Å². The van der Waals surface area contributed by atoms with Crippen LogP contribution in [0.2, 0.25) is 0 Å². The lowest BCUT2D eigenvalue weighted by Crippen LogP contribution is -2.13. The van der Waals surface area contributed by atoms with Crippen molar-refractivity contribution < 1.29 is 4.79 Å². The Kier molecular flexibility index (Phi) is 4.99. The molecule has 0 unspecified atom stereocenters. The Labute approximate surface area is 42.9 Å². The summed E-state index contributed by atoms with van der Waals surface area (Å²) >= 11 is 0. The van der Waals surface area contributed by atoms with Gasteiger partial charge in [-0.2, -0.15) is 0 Å². The van der Waals surface area contributed by atoms with Crippen LogP contribution in [0, 0.1) is 0 Å². The third kappa shape index (κ3) is 5.43. The maximum absolute atomic E-state index is 9.49. The van der Waals surface area contributed by atoms with Gasteiger partial charge in [-0.25, -0.2) is 0 Å². The molecule has 0 spiro atoms. The van der Waals surface area contributed by atoms with Crippen LogP contribution in [0.25, 0.3) is 0 Å². The number of amides is 1. The molecule has 0 fully saturated rings. The monoisotopic (exact) mass is 100 g/mol. The van der Waals surface area contributed by atoms with Gasteiger partial charge in [0.25, 0.3) is 0 Å². The van der Waals surface area contributed by atoms with Gasteiger partial charge in [0.2, 0.25) is 6.41 Å². The molecule has 3 nitrogen and oxygen atoms in total. The van der Waals surface area contributed by atoms with Crippen molar-refractivity contribution >= 4 is 6.41 Å². The van der Waals surface area contributed by atoms with Crippen LogP contribution in [0.15, 0.2) is 0 Å². The minimum absolute atomic E-state index is 0.140. The summed E-state index contributed by atoms with van der Waals surface area (Å²) in [5.74, 6) is 0. The molecular weight excluding hydrogens is 92.1 g/mol. The van der Waals surface area contributed by atoms with Gasteiger partial charge in [-0.15, -0.1) is 5.73 Å². The number of carbonyl (C=O) groups is 1. The van der Waals surface area contributed by atoms with E-state index in [0.717, 1.165) is 0 Å². The van der Waals surface area contributed by atoms with E-state index >= 15 is 0 Å². The Morgan fingerprint density at radius 3 is 2.86 bits per heavy atom. The first-order chi connectivity index (χ1) is 3.41. The zero-order valence-corrected chi connectivity index (χ0v) is 4.05. The molecule has 0 rings (SSSR count). The van der Waals surface area contributed by atoms with Crippen molar-refractivity contribution in [2.75, 3.05) is 13.1 Å². The number of hydrogen-bond acceptors (Lipinski definition) is 1. The normalized spacial score (nSPS) is 8.14. The molecule has 0 aliphatic carbocycles. The summed E-state index contributed by atoms with van der Waals surface area (Å²) in [7, 11) is 0. The van der Waals surface area contributed by atoms with Crippen LogP contribution in [0.5, 0.6) is 0 Å². The zero-order valence-electron chi connectivity index (χ0n) is 4.05. The quantitative estimate of drug-likeness (QED) is 0.364. The third-order valence-electron chi connectivity index (χ3n) is 0.563. The van der Waals surface area contributed by atoms with Gasteiger partial charge in [0.1, 0.15) is 0 Å². The van der Waals surface area contributed by atoms with E-state index in [-0.39, 0.29) is 6.54 Å². The van der Waals surface area contributed by atoms with E-state index in [0.29, 0.717) is 19.4 Å². The van der Waals surface area contributed by atoms with Crippen LogP contribution in [-0.4, -0.2) is 19.5 Å². The average molecular weight is 100 g/mol. The van der Waals surface area contributed by atoms with Gasteiger partial charge in [-0.1, -0.05) is 0 Å². The minimum Gasteiger partial charge on any atom is -0.359 e. The van der Waals surface area contributed by atoms with Crippen LogP contribution in [0.3, 0.4) is 0 Å². The zero-order chi connectivity index (χ0) is 5.54. The van der Waals surface area contributed by atoms with E-state index in [1.807, 2.05) is 0 Å². The Hall–Kier alpha value is -0.570. The lowest BCUT2D eigenvalue weighted by molar-refractivity contribution is -0.109. The highest BCUT2D eigenvalue weighted by molar-refractivity contribution is 5.45. The molecule has 0 aromatic heterocycles. The van der Waals surface area contributed by atoms with Gasteiger partial charge in [0, 0.05) is 13.1 Å². The lowest BCUT2D eigenvalue weighted by atomic mass is 10.4. The number of carbonyl (C=O) groups excluding carboxylic acids is 1. The summed E-state index contributed by atoms with van der Waals surface area (Å²) in [5, 5.41) is 2.41. The second-order valence-corrected chi connectivity index (χ2v) is 1.15. The van der Waals surface area contributed by atoms with E-state index in [1.54, 1.807) is 0 Å². The largest absolute Gasteiger partial charge is 0.359 e. The second kappa shape index (κ2) is 5.43. The molecule has 2 radical (unpaired) electrons. The predicted molar refractivity (Wildman–Crippen MR) is 25.7 cm³/mol. The van der Waals surface area contributed by atoms with Gasteiger partial charge in [0.15, 0.2) is 0 Å². The van der Waals surface area contributed by atoms with Crippen LogP contribution < -0.4 is 11.1 Å². The predicted octanol–water partition coefficient (Wildman–Crippen LogP) is -0.809. The number of hydrogen-bond donors (Lipinski definition) is 1. The highest BCUT2D eigenvalue weighted by atomic mass is 16.1. The fourth-order valence-electron chi connectivity index (χ4n) is 0.240. The van der Waals surface area contributed by atoms with E-state index < -0.39 is 0 Å². The molecule has 1 amide bonds. The molecule has 0 aromatic rings. The molecule has 0 heterocycles. The Morgan fingerprint density at radius 2 is 2.43 bits per heavy atom. The van der Waals surface area contributed by atoms with E-state index in [4.69, 9.17) is 5.73 Å². The van der Waals surface area contributed by atoms with Crippen LogP contribution in [0.4, 0.5) is 0 Å². The summed E-state index contributed by atoms with van der Waals surface area (Å²) < 4.78 is 0. The highest BCUT2D eigenvalue weighted by Gasteiger charge is 1.78. The first kappa shape index (κ1) is 6.43. The first-order valence-electron chi connectivity index (χ1n) is 2.19. The molecule has 3 heteroatoms. The summed E-state index contributed by atoms with van der Waals surface area (Å²) in [6, 6.07) is 0. The van der Waals surface area contributed by atoms with Crippen LogP contribution >= 0.6 is 0 Å². The Morgan fingerprint density at radius 1 is 1.71 bits per heavy atom. The lowest BCUT2D eigenvalue weighted by Gasteiger charge is -1.89. The maximum atomic E-state index is 9.49. The Balaban J connectivity index is 2.56. The van der Waals surface area contributed by atoms with Crippen molar-refractivity contribution in [2.45, 2.75) is 6.42 Å². The van der Waals surface area contributed by atoms with Crippen molar-refractivity contribution in [3.05, 3.63) is 0 Å². The SMILES string of the molecule is [N]CCCNC=O. The van der Waals surface area contributed by atoms with Gasteiger partial charge in [0.05, 0.1) is 0 Å². The molecule has 1 N–H and O–H groups in total. The van der Waals surface area contributed by atoms with Gasteiger partial charge >= 0.3 is 0 Å². The highest BCUT2D eigenvalue weighted by Crippen LogP contribution is 1.65. The number of nitrogens with zero attached hydrogens (tertiary/aromatic N) is 1.